The molecule has 10 nitrogen and oxygen atoms in total. The van der Waals surface area contributed by atoms with Crippen molar-refractivity contribution in [1.82, 2.24) is 9.99 Å². The summed E-state index contributed by atoms with van der Waals surface area (Å²) >= 11 is 0. The summed E-state index contributed by atoms with van der Waals surface area (Å²) in [6.07, 6.45) is 3.57. The molecule has 0 radical (unpaired) electrons. The Morgan fingerprint density at radius 1 is 1.19 bits per heavy atom. The van der Waals surface area contributed by atoms with Gasteiger partial charge < -0.3 is 14.6 Å². The number of piperidine rings is 1. The van der Waals surface area contributed by atoms with Crippen LogP contribution in [0.4, 0.5) is 21.5 Å². The first-order valence-corrected chi connectivity index (χ1v) is 11.9. The van der Waals surface area contributed by atoms with Crippen molar-refractivity contribution in [3.63, 3.8) is 0 Å². The lowest BCUT2D eigenvalue weighted by Crippen LogP contribution is -2.38. The summed E-state index contributed by atoms with van der Waals surface area (Å²) in [6.45, 7) is 3.06. The first kappa shape index (κ1) is 23.7. The third-order valence-corrected chi connectivity index (χ3v) is 7.05. The Labute approximate surface area is 205 Å². The lowest BCUT2D eigenvalue weighted by Gasteiger charge is -2.36. The van der Waals surface area contributed by atoms with E-state index in [1.165, 1.54) is 36.5 Å². The Balaban J connectivity index is 1.51. The second-order valence-electron chi connectivity index (χ2n) is 9.35. The number of benzene rings is 2. The molecule has 2 aliphatic heterocycles. The number of hydrogen-bond acceptors (Lipinski definition) is 7. The van der Waals surface area contributed by atoms with Gasteiger partial charge in [0.2, 0.25) is 5.43 Å². The maximum absolute atomic E-state index is 15.5. The quantitative estimate of drug-likeness (QED) is 0.366. The lowest BCUT2D eigenvalue weighted by atomic mass is 9.93. The van der Waals surface area contributed by atoms with E-state index in [9.17, 15) is 24.8 Å². The van der Waals surface area contributed by atoms with E-state index in [2.05, 4.69) is 10.9 Å². The summed E-state index contributed by atoms with van der Waals surface area (Å²) in [5.41, 5.74) is 6.58. The van der Waals surface area contributed by atoms with Crippen LogP contribution < -0.4 is 21.2 Å². The van der Waals surface area contributed by atoms with Crippen molar-refractivity contribution in [1.29, 1.82) is 0 Å². The number of aryl methyl sites for hydroxylation is 1. The van der Waals surface area contributed by atoms with E-state index in [-0.39, 0.29) is 28.8 Å². The summed E-state index contributed by atoms with van der Waals surface area (Å²) in [6, 6.07) is 6.65. The smallest absolute Gasteiger partial charge is 0.275 e. The number of carbonyl (C=O) groups is 1. The number of aliphatic hydroxyl groups is 1. The molecule has 1 atom stereocenters. The van der Waals surface area contributed by atoms with Crippen molar-refractivity contribution in [3.05, 3.63) is 73.8 Å². The fourth-order valence-corrected chi connectivity index (χ4v) is 5.09. The third kappa shape index (κ3) is 4.15. The minimum absolute atomic E-state index is 0.00345. The van der Waals surface area contributed by atoms with Gasteiger partial charge in [0.15, 0.2) is 0 Å². The highest BCUT2D eigenvalue weighted by atomic mass is 19.1. The van der Waals surface area contributed by atoms with Gasteiger partial charge >= 0.3 is 0 Å². The summed E-state index contributed by atoms with van der Waals surface area (Å²) in [7, 11) is 0. The Bertz CT molecular complexity index is 1410. The molecule has 0 saturated carbocycles. The molecule has 1 unspecified atom stereocenters. The molecule has 0 bridgehead atoms. The van der Waals surface area contributed by atoms with Crippen molar-refractivity contribution >= 4 is 33.9 Å². The van der Waals surface area contributed by atoms with E-state index in [1.807, 2.05) is 16.4 Å². The van der Waals surface area contributed by atoms with Crippen molar-refractivity contribution in [2.75, 3.05) is 23.4 Å². The first-order chi connectivity index (χ1) is 17.2. The predicted octanol–water partition coefficient (Wildman–Crippen LogP) is 3.27. The minimum Gasteiger partial charge on any atom is -0.393 e. The van der Waals surface area contributed by atoms with Gasteiger partial charge in [-0.25, -0.2) is 4.39 Å². The van der Waals surface area contributed by atoms with Gasteiger partial charge in [0.1, 0.15) is 11.4 Å². The number of hydrazine groups is 1. The van der Waals surface area contributed by atoms with E-state index in [0.29, 0.717) is 49.2 Å². The highest BCUT2D eigenvalue weighted by Crippen LogP contribution is 2.38. The summed E-state index contributed by atoms with van der Waals surface area (Å²) in [4.78, 5) is 38.5. The molecule has 3 N–H and O–H groups in total. The van der Waals surface area contributed by atoms with E-state index in [0.717, 1.165) is 12.0 Å². The number of pyridine rings is 1. The highest BCUT2D eigenvalue weighted by molar-refractivity contribution is 5.99. The van der Waals surface area contributed by atoms with Gasteiger partial charge in [-0.2, -0.15) is 0 Å². The van der Waals surface area contributed by atoms with Gasteiger partial charge in [0, 0.05) is 48.4 Å². The number of nitrogens with one attached hydrogen (secondary N) is 2. The van der Waals surface area contributed by atoms with Crippen LogP contribution >= 0.6 is 0 Å². The summed E-state index contributed by atoms with van der Waals surface area (Å²) in [5, 5.41) is 20.8. The number of aromatic nitrogens is 1. The van der Waals surface area contributed by atoms with Gasteiger partial charge in [0.25, 0.3) is 11.6 Å². The Morgan fingerprint density at radius 3 is 2.56 bits per heavy atom. The molecule has 1 saturated heterocycles. The van der Waals surface area contributed by atoms with Crippen LogP contribution in [-0.2, 0) is 6.42 Å². The second kappa shape index (κ2) is 9.23. The van der Waals surface area contributed by atoms with Crippen molar-refractivity contribution in [2.45, 2.75) is 44.8 Å². The zero-order valence-corrected chi connectivity index (χ0v) is 19.7. The Kier molecular flexibility index (Phi) is 6.09. The third-order valence-electron chi connectivity index (χ3n) is 7.05. The molecule has 11 heteroatoms. The first-order valence-electron chi connectivity index (χ1n) is 11.9. The molecule has 1 aromatic heterocycles. The largest absolute Gasteiger partial charge is 0.393 e. The van der Waals surface area contributed by atoms with Gasteiger partial charge in [-0.1, -0.05) is 0 Å². The van der Waals surface area contributed by atoms with Crippen LogP contribution in [0.1, 0.15) is 48.1 Å². The number of carbonyl (C=O) groups excluding carboxylic acids is 1. The summed E-state index contributed by atoms with van der Waals surface area (Å²) in [5.74, 6) is -1.20. The molecule has 0 spiro atoms. The van der Waals surface area contributed by atoms with E-state index < -0.39 is 22.1 Å². The van der Waals surface area contributed by atoms with Crippen LogP contribution in [0.5, 0.6) is 0 Å². The predicted molar refractivity (Wildman–Crippen MR) is 133 cm³/mol. The number of halogens is 1. The molecule has 188 valence electrons. The fourth-order valence-electron chi connectivity index (χ4n) is 5.09. The summed E-state index contributed by atoms with van der Waals surface area (Å²) < 4.78 is 17.3. The zero-order chi connectivity index (χ0) is 25.6. The maximum atomic E-state index is 15.5. The van der Waals surface area contributed by atoms with E-state index in [4.69, 9.17) is 0 Å². The van der Waals surface area contributed by atoms with Gasteiger partial charge in [-0.3, -0.25) is 30.6 Å². The van der Waals surface area contributed by atoms with Gasteiger partial charge in [0.05, 0.1) is 27.9 Å². The van der Waals surface area contributed by atoms with Crippen LogP contribution in [0.2, 0.25) is 0 Å². The Hall–Kier alpha value is -3.99. The number of aliphatic hydroxyl groups excluding tert-OH is 1. The van der Waals surface area contributed by atoms with Crippen LogP contribution in [0, 0.1) is 15.9 Å². The van der Waals surface area contributed by atoms with Crippen molar-refractivity contribution in [3.8, 4) is 0 Å². The maximum Gasteiger partial charge on any atom is 0.275 e. The molecule has 0 aliphatic carbocycles. The standard InChI is InChI=1S/C25H26FN5O5/c1-14-2-7-18-22-19(12-21(26)23(18)29-10-8-17(32)9-11-29)24(33)20(13-30(14)22)25(34)28-27-15-3-5-16(6-4-15)31(35)36/h3-6,12-14,17,27,32H,2,7-11H2,1H3,(H,28,34). The average molecular weight is 496 g/mol. The van der Waals surface area contributed by atoms with Crippen LogP contribution in [0.15, 0.2) is 41.3 Å². The van der Waals surface area contributed by atoms with Gasteiger partial charge in [-0.05, 0) is 50.8 Å². The van der Waals surface area contributed by atoms with E-state index in [1.54, 1.807) is 0 Å². The number of nitrogens with zero attached hydrogens (tertiary/aromatic N) is 3. The number of amides is 1. The van der Waals surface area contributed by atoms with Crippen molar-refractivity contribution < 1.29 is 19.2 Å². The van der Waals surface area contributed by atoms with Gasteiger partial charge in [-0.15, -0.1) is 0 Å². The molecular weight excluding hydrogens is 469 g/mol. The number of non-ortho nitro benzene ring substituents is 1. The SMILES string of the molecule is CC1CCc2c(N3CCC(O)CC3)c(F)cc3c(=O)c(C(=O)NNc4ccc([N+](=O)[O-])cc4)cn1c23. The van der Waals surface area contributed by atoms with Crippen molar-refractivity contribution in [2.24, 2.45) is 0 Å². The second-order valence-corrected chi connectivity index (χ2v) is 9.35. The number of rotatable bonds is 5. The fraction of sp³-hybridized carbons (Fsp3) is 0.360. The topological polar surface area (TPSA) is 130 Å². The molecule has 2 aliphatic rings. The average Bonchev–Trinajstić information content (AvgIpc) is 2.86. The van der Waals surface area contributed by atoms with Crippen LogP contribution in [0.25, 0.3) is 10.9 Å². The molecule has 36 heavy (non-hydrogen) atoms. The molecule has 2 aromatic carbocycles. The molecule has 3 aromatic rings. The van der Waals surface area contributed by atoms with E-state index >= 15 is 4.39 Å². The molecule has 5 rings (SSSR count). The lowest BCUT2D eigenvalue weighted by molar-refractivity contribution is -0.384. The number of nitro groups is 1. The number of anilines is 2. The Morgan fingerprint density at radius 2 is 1.89 bits per heavy atom. The number of nitro benzene ring substituents is 1. The highest BCUT2D eigenvalue weighted by Gasteiger charge is 2.30. The molecule has 1 fully saturated rings. The monoisotopic (exact) mass is 495 g/mol. The van der Waals surface area contributed by atoms with Crippen LogP contribution in [-0.4, -0.2) is 39.7 Å². The van der Waals surface area contributed by atoms with Crippen LogP contribution in [0.3, 0.4) is 0 Å². The normalized spacial score (nSPS) is 17.8. The molecular formula is C25H26FN5O5. The minimum atomic E-state index is -0.696. The zero-order valence-electron chi connectivity index (χ0n) is 19.7. The molecule has 1 amide bonds. The molecule has 3 heterocycles. The number of hydrogen-bond donors (Lipinski definition) is 3.